The van der Waals surface area contributed by atoms with E-state index in [4.69, 9.17) is 4.74 Å². The Labute approximate surface area is 105 Å². The van der Waals surface area contributed by atoms with Crippen LogP contribution in [0.15, 0.2) is 11.8 Å². The second kappa shape index (κ2) is 3.74. The number of nitrogens with zero attached hydrogens (tertiary/aromatic N) is 1. The Morgan fingerprint density at radius 3 is 2.47 bits per heavy atom. The molecule has 2 bridgehead atoms. The summed E-state index contributed by atoms with van der Waals surface area (Å²) in [7, 11) is 0. The van der Waals surface area contributed by atoms with Gasteiger partial charge in [-0.25, -0.2) is 0 Å². The predicted octanol–water partition coefficient (Wildman–Crippen LogP) is 3.33. The van der Waals surface area contributed by atoms with Crippen molar-refractivity contribution in [3.8, 4) is 0 Å². The van der Waals surface area contributed by atoms with Gasteiger partial charge in [-0.15, -0.1) is 0 Å². The summed E-state index contributed by atoms with van der Waals surface area (Å²) in [6.07, 6.45) is 9.11. The number of likely N-dealkylation sites (tertiary alicyclic amines) is 1. The first-order chi connectivity index (χ1) is 8.01. The highest BCUT2D eigenvalue weighted by Gasteiger charge is 2.50. The molecule has 0 aromatic rings. The van der Waals surface area contributed by atoms with Gasteiger partial charge in [0.05, 0.1) is 5.60 Å². The average Bonchev–Trinajstić information content (AvgIpc) is 2.28. The van der Waals surface area contributed by atoms with Gasteiger partial charge in [0.2, 0.25) is 0 Å². The zero-order chi connectivity index (χ0) is 12.1. The summed E-state index contributed by atoms with van der Waals surface area (Å²) in [4.78, 5) is 2.59. The molecule has 0 aromatic carbocycles. The molecule has 96 valence electrons. The topological polar surface area (TPSA) is 12.5 Å². The van der Waals surface area contributed by atoms with Crippen LogP contribution in [-0.4, -0.2) is 29.2 Å². The van der Waals surface area contributed by atoms with Crippen molar-refractivity contribution >= 4 is 0 Å². The van der Waals surface area contributed by atoms with E-state index in [2.05, 4.69) is 31.7 Å². The maximum atomic E-state index is 6.42. The Bertz CT molecular complexity index is 341. The SMILES string of the molecule is CC12CCC(C=C1N1CCCCC1)C(C)(C)O2. The second-order valence-corrected chi connectivity index (χ2v) is 6.68. The molecule has 2 atom stereocenters. The number of ether oxygens (including phenoxy) is 1. The van der Waals surface area contributed by atoms with Gasteiger partial charge in [-0.3, -0.25) is 0 Å². The molecular weight excluding hydrogens is 210 g/mol. The number of hydrogen-bond donors (Lipinski definition) is 0. The quantitative estimate of drug-likeness (QED) is 0.691. The van der Waals surface area contributed by atoms with Crippen LogP contribution < -0.4 is 0 Å². The minimum absolute atomic E-state index is 0.0183. The monoisotopic (exact) mass is 235 g/mol. The van der Waals surface area contributed by atoms with Crippen molar-refractivity contribution in [2.24, 2.45) is 5.92 Å². The molecule has 0 aromatic heterocycles. The van der Waals surface area contributed by atoms with E-state index in [0.717, 1.165) is 0 Å². The molecule has 17 heavy (non-hydrogen) atoms. The fourth-order valence-corrected chi connectivity index (χ4v) is 3.89. The Balaban J connectivity index is 1.90. The van der Waals surface area contributed by atoms with Crippen molar-refractivity contribution in [3.63, 3.8) is 0 Å². The first-order valence-corrected chi connectivity index (χ1v) is 7.19. The molecule has 2 nitrogen and oxygen atoms in total. The van der Waals surface area contributed by atoms with E-state index in [0.29, 0.717) is 5.92 Å². The molecule has 3 aliphatic heterocycles. The molecule has 0 saturated carbocycles. The minimum atomic E-state index is -0.0183. The summed E-state index contributed by atoms with van der Waals surface area (Å²) in [6, 6.07) is 0. The van der Waals surface area contributed by atoms with Gasteiger partial charge in [0.1, 0.15) is 5.60 Å². The van der Waals surface area contributed by atoms with Crippen molar-refractivity contribution < 1.29 is 4.74 Å². The Morgan fingerprint density at radius 1 is 1.18 bits per heavy atom. The van der Waals surface area contributed by atoms with Crippen LogP contribution in [0.5, 0.6) is 0 Å². The van der Waals surface area contributed by atoms with Crippen LogP contribution in [0, 0.1) is 5.92 Å². The molecule has 0 amide bonds. The molecule has 2 unspecified atom stereocenters. The van der Waals surface area contributed by atoms with E-state index >= 15 is 0 Å². The van der Waals surface area contributed by atoms with E-state index in [1.165, 1.54) is 50.9 Å². The molecule has 2 saturated heterocycles. The highest BCUT2D eigenvalue weighted by atomic mass is 16.5. The van der Waals surface area contributed by atoms with E-state index in [1.807, 2.05) is 0 Å². The van der Waals surface area contributed by atoms with Crippen LogP contribution >= 0.6 is 0 Å². The lowest BCUT2D eigenvalue weighted by molar-refractivity contribution is -0.188. The van der Waals surface area contributed by atoms with E-state index in [9.17, 15) is 0 Å². The lowest BCUT2D eigenvalue weighted by Gasteiger charge is -2.55. The zero-order valence-electron chi connectivity index (χ0n) is 11.5. The number of fused-ring (bicyclic) bond motifs is 2. The standard InChI is InChI=1S/C15H25NO/c1-14(2)12-7-8-15(3,17-14)13(11-12)16-9-5-4-6-10-16/h11-12H,4-10H2,1-3H3. The lowest BCUT2D eigenvalue weighted by atomic mass is 9.71. The number of rotatable bonds is 1. The first kappa shape index (κ1) is 11.6. The van der Waals surface area contributed by atoms with Gasteiger partial charge in [0.15, 0.2) is 0 Å². The largest absolute Gasteiger partial charge is 0.373 e. The molecule has 0 N–H and O–H groups in total. The first-order valence-electron chi connectivity index (χ1n) is 7.19. The van der Waals surface area contributed by atoms with Gasteiger partial charge < -0.3 is 9.64 Å². The van der Waals surface area contributed by atoms with Gasteiger partial charge in [-0.05, 0) is 52.9 Å². The molecule has 2 fully saturated rings. The third-order valence-electron chi connectivity index (χ3n) is 4.91. The van der Waals surface area contributed by atoms with Gasteiger partial charge in [0.25, 0.3) is 0 Å². The highest BCUT2D eigenvalue weighted by molar-refractivity contribution is 5.26. The van der Waals surface area contributed by atoms with Gasteiger partial charge in [-0.2, -0.15) is 0 Å². The van der Waals surface area contributed by atoms with Gasteiger partial charge >= 0.3 is 0 Å². The van der Waals surface area contributed by atoms with Crippen LogP contribution in [-0.2, 0) is 4.74 Å². The van der Waals surface area contributed by atoms with Crippen molar-refractivity contribution in [2.45, 2.75) is 64.1 Å². The Kier molecular flexibility index (Phi) is 2.55. The molecule has 2 heteroatoms. The highest BCUT2D eigenvalue weighted by Crippen LogP contribution is 2.50. The third kappa shape index (κ3) is 1.81. The smallest absolute Gasteiger partial charge is 0.105 e. The van der Waals surface area contributed by atoms with Crippen molar-refractivity contribution in [3.05, 3.63) is 11.8 Å². The van der Waals surface area contributed by atoms with Crippen molar-refractivity contribution in [1.82, 2.24) is 4.90 Å². The summed E-state index contributed by atoms with van der Waals surface area (Å²) >= 11 is 0. The maximum Gasteiger partial charge on any atom is 0.105 e. The molecular formula is C15H25NO. The van der Waals surface area contributed by atoms with Gasteiger partial charge in [0, 0.05) is 24.7 Å². The summed E-state index contributed by atoms with van der Waals surface area (Å²) in [6.45, 7) is 9.26. The van der Waals surface area contributed by atoms with Crippen LogP contribution in [0.25, 0.3) is 0 Å². The minimum Gasteiger partial charge on any atom is -0.373 e. The van der Waals surface area contributed by atoms with Crippen LogP contribution in [0.1, 0.15) is 52.9 Å². The average molecular weight is 235 g/mol. The maximum absolute atomic E-state index is 6.42. The van der Waals surface area contributed by atoms with Crippen LogP contribution in [0.3, 0.4) is 0 Å². The van der Waals surface area contributed by atoms with E-state index < -0.39 is 0 Å². The van der Waals surface area contributed by atoms with Gasteiger partial charge in [-0.1, -0.05) is 6.08 Å². The third-order valence-corrected chi connectivity index (χ3v) is 4.91. The fraction of sp³-hybridized carbons (Fsp3) is 0.867. The molecule has 3 heterocycles. The molecule has 4 aliphatic rings. The zero-order valence-corrected chi connectivity index (χ0v) is 11.5. The number of hydrogen-bond acceptors (Lipinski definition) is 2. The number of piperidine rings is 1. The summed E-state index contributed by atoms with van der Waals surface area (Å²) < 4.78 is 6.42. The summed E-state index contributed by atoms with van der Waals surface area (Å²) in [5.41, 5.74) is 1.51. The predicted molar refractivity (Wildman–Crippen MR) is 69.8 cm³/mol. The van der Waals surface area contributed by atoms with E-state index in [1.54, 1.807) is 0 Å². The molecule has 4 rings (SSSR count). The Morgan fingerprint density at radius 2 is 1.88 bits per heavy atom. The Hall–Kier alpha value is -0.500. The van der Waals surface area contributed by atoms with Crippen LogP contribution in [0.2, 0.25) is 0 Å². The molecule has 0 spiro atoms. The van der Waals surface area contributed by atoms with Crippen molar-refractivity contribution in [2.75, 3.05) is 13.1 Å². The summed E-state index contributed by atoms with van der Waals surface area (Å²) in [5, 5.41) is 0. The summed E-state index contributed by atoms with van der Waals surface area (Å²) in [5.74, 6) is 0.612. The van der Waals surface area contributed by atoms with Crippen LogP contribution in [0.4, 0.5) is 0 Å². The van der Waals surface area contributed by atoms with Crippen molar-refractivity contribution in [1.29, 1.82) is 0 Å². The lowest BCUT2D eigenvalue weighted by Crippen LogP contribution is -2.57. The molecule has 1 aliphatic carbocycles. The molecule has 0 radical (unpaired) electrons. The van der Waals surface area contributed by atoms with E-state index in [-0.39, 0.29) is 11.2 Å². The fourth-order valence-electron chi connectivity index (χ4n) is 3.89. The normalized spacial score (nSPS) is 40.3. The second-order valence-electron chi connectivity index (χ2n) is 6.68.